The molecule has 24 heavy (non-hydrogen) atoms. The zero-order chi connectivity index (χ0) is 17.3. The molecule has 8 heteroatoms. The van der Waals surface area contributed by atoms with Gasteiger partial charge in [-0.1, -0.05) is 24.3 Å². The minimum absolute atomic E-state index is 0.278. The number of nitrogens with zero attached hydrogens (tertiary/aromatic N) is 1. The summed E-state index contributed by atoms with van der Waals surface area (Å²) in [6.45, 7) is 1.89. The highest BCUT2D eigenvalue weighted by Gasteiger charge is 2.20. The predicted molar refractivity (Wildman–Crippen MR) is 87.5 cm³/mol. The second-order valence-corrected chi connectivity index (χ2v) is 7.28. The molecule has 0 unspecified atom stereocenters. The number of aromatic nitrogens is 1. The summed E-state index contributed by atoms with van der Waals surface area (Å²) < 4.78 is 23.7. The number of hydrogen-bond donors (Lipinski definition) is 2. The molecular formula is C16H18N3O4S-. The van der Waals surface area contributed by atoms with Gasteiger partial charge in [0.25, 0.3) is 0 Å². The van der Waals surface area contributed by atoms with E-state index in [1.54, 1.807) is 6.07 Å². The Bertz CT molecular complexity index is 867. The number of nitrogens with one attached hydrogen (secondary N) is 1. The van der Waals surface area contributed by atoms with E-state index in [1.807, 2.05) is 18.2 Å². The normalized spacial score (nSPS) is 16.2. The largest absolute Gasteiger partial charge is 0.543 e. The Morgan fingerprint density at radius 2 is 1.96 bits per heavy atom. The quantitative estimate of drug-likeness (QED) is 0.809. The van der Waals surface area contributed by atoms with Gasteiger partial charge in [0, 0.05) is 11.8 Å². The molecule has 2 heterocycles. The smallest absolute Gasteiger partial charge is 0.302 e. The third kappa shape index (κ3) is 3.21. The Labute approximate surface area is 140 Å². The van der Waals surface area contributed by atoms with Crippen LogP contribution in [0.15, 0.2) is 36.5 Å². The summed E-state index contributed by atoms with van der Waals surface area (Å²) in [4.78, 5) is 11.5. The number of rotatable bonds is 4. The molecular weight excluding hydrogens is 330 g/mol. The number of carbonyl (C=O) groups excluding carboxylic acids is 1. The molecule has 0 amide bonds. The molecule has 1 aliphatic rings. The van der Waals surface area contributed by atoms with E-state index in [4.69, 9.17) is 5.14 Å². The average Bonchev–Trinajstić information content (AvgIpc) is 3.01. The average molecular weight is 348 g/mol. The summed E-state index contributed by atoms with van der Waals surface area (Å²) in [5.41, 5.74) is 1.56. The highest BCUT2D eigenvalue weighted by molar-refractivity contribution is 7.87. The third-order valence-corrected chi connectivity index (χ3v) is 5.18. The van der Waals surface area contributed by atoms with Crippen molar-refractivity contribution in [3.8, 4) is 11.1 Å². The van der Waals surface area contributed by atoms with Crippen LogP contribution in [0.1, 0.15) is 34.8 Å². The van der Waals surface area contributed by atoms with Gasteiger partial charge in [-0.05, 0) is 49.0 Å². The first-order chi connectivity index (χ1) is 11.4. The Balaban J connectivity index is 2.06. The first kappa shape index (κ1) is 16.7. The zero-order valence-electron chi connectivity index (χ0n) is 12.9. The van der Waals surface area contributed by atoms with Crippen LogP contribution in [0, 0.1) is 0 Å². The molecule has 1 saturated heterocycles. The molecule has 0 atom stereocenters. The predicted octanol–water partition coefficient (Wildman–Crippen LogP) is 0.0372. The molecule has 128 valence electrons. The van der Waals surface area contributed by atoms with E-state index in [0.717, 1.165) is 37.7 Å². The Morgan fingerprint density at radius 3 is 2.58 bits per heavy atom. The Kier molecular flexibility index (Phi) is 4.44. The number of carboxylic acids is 1. The topological polar surface area (TPSA) is 117 Å². The van der Waals surface area contributed by atoms with Crippen LogP contribution in [0.4, 0.5) is 0 Å². The van der Waals surface area contributed by atoms with Crippen LogP contribution in [0.5, 0.6) is 0 Å². The van der Waals surface area contributed by atoms with Crippen LogP contribution in [-0.4, -0.2) is 31.4 Å². The minimum atomic E-state index is -4.21. The highest BCUT2D eigenvalue weighted by Crippen LogP contribution is 2.31. The lowest BCUT2D eigenvalue weighted by molar-refractivity contribution is -0.255. The maximum atomic E-state index is 11.6. The van der Waals surface area contributed by atoms with Gasteiger partial charge in [-0.3, -0.25) is 0 Å². The van der Waals surface area contributed by atoms with E-state index in [1.165, 1.54) is 6.07 Å². The van der Waals surface area contributed by atoms with E-state index >= 15 is 0 Å². The lowest BCUT2D eigenvalue weighted by Gasteiger charge is -2.23. The molecule has 1 aliphatic heterocycles. The van der Waals surface area contributed by atoms with Gasteiger partial charge in [0.05, 0.1) is 11.7 Å². The Morgan fingerprint density at radius 1 is 1.25 bits per heavy atom. The minimum Gasteiger partial charge on any atom is -0.543 e. The number of benzene rings is 1. The number of carboxylic acid groups (broad SMARTS) is 1. The van der Waals surface area contributed by atoms with Gasteiger partial charge in [0.2, 0.25) is 0 Å². The van der Waals surface area contributed by atoms with Crippen molar-refractivity contribution in [1.82, 2.24) is 9.29 Å². The molecule has 0 aliphatic carbocycles. The number of aromatic carboxylic acids is 1. The SMILES string of the molecule is NS(=O)(=O)n1ccc(-c2cccc(C3CCNCC3)c2)c1C(=O)[O-]. The summed E-state index contributed by atoms with van der Waals surface area (Å²) in [6.07, 6.45) is 3.15. The van der Waals surface area contributed by atoms with Gasteiger partial charge in [-0.15, -0.1) is 0 Å². The molecule has 1 aromatic carbocycles. The van der Waals surface area contributed by atoms with E-state index in [2.05, 4.69) is 5.32 Å². The first-order valence-corrected chi connectivity index (χ1v) is 9.15. The molecule has 1 aromatic heterocycles. The monoisotopic (exact) mass is 348 g/mol. The Hall–Kier alpha value is -2.16. The summed E-state index contributed by atoms with van der Waals surface area (Å²) in [6, 6.07) is 8.94. The zero-order valence-corrected chi connectivity index (χ0v) is 13.8. The standard InChI is InChI=1S/C16H19N3O4S/c17-24(22,23)19-9-6-14(15(19)16(20)21)13-3-1-2-12(10-13)11-4-7-18-8-5-11/h1-3,6,9-11,18H,4-5,7-8H2,(H,20,21)(H2,17,22,23)/p-1. The van der Waals surface area contributed by atoms with Crippen molar-refractivity contribution in [2.24, 2.45) is 5.14 Å². The third-order valence-electron chi connectivity index (χ3n) is 4.33. The van der Waals surface area contributed by atoms with E-state index in [9.17, 15) is 18.3 Å². The van der Waals surface area contributed by atoms with Crippen molar-refractivity contribution in [3.63, 3.8) is 0 Å². The summed E-state index contributed by atoms with van der Waals surface area (Å²) in [5.74, 6) is -1.19. The number of nitrogens with two attached hydrogens (primary N) is 1. The summed E-state index contributed by atoms with van der Waals surface area (Å²) >= 11 is 0. The van der Waals surface area contributed by atoms with Gasteiger partial charge >= 0.3 is 10.2 Å². The fourth-order valence-corrected chi connectivity index (χ4v) is 3.83. The van der Waals surface area contributed by atoms with Crippen molar-refractivity contribution in [1.29, 1.82) is 0 Å². The van der Waals surface area contributed by atoms with Crippen molar-refractivity contribution in [3.05, 3.63) is 47.8 Å². The number of piperidine rings is 1. The molecule has 1 fully saturated rings. The molecule has 2 aromatic rings. The van der Waals surface area contributed by atoms with Gasteiger partial charge in [-0.25, -0.2) is 9.11 Å². The van der Waals surface area contributed by atoms with Crippen LogP contribution >= 0.6 is 0 Å². The molecule has 0 spiro atoms. The fraction of sp³-hybridized carbons (Fsp3) is 0.312. The maximum Gasteiger partial charge on any atom is 0.302 e. The van der Waals surface area contributed by atoms with Crippen molar-refractivity contribution in [2.45, 2.75) is 18.8 Å². The van der Waals surface area contributed by atoms with E-state index < -0.39 is 21.9 Å². The molecule has 7 nitrogen and oxygen atoms in total. The molecule has 3 N–H and O–H groups in total. The van der Waals surface area contributed by atoms with Gasteiger partial charge in [-0.2, -0.15) is 8.42 Å². The number of carbonyl (C=O) groups is 1. The van der Waals surface area contributed by atoms with E-state index in [0.29, 0.717) is 15.5 Å². The summed E-state index contributed by atoms with van der Waals surface area (Å²) in [7, 11) is -4.21. The van der Waals surface area contributed by atoms with Crippen LogP contribution in [0.2, 0.25) is 0 Å². The summed E-state index contributed by atoms with van der Waals surface area (Å²) in [5, 5.41) is 19.8. The first-order valence-electron chi connectivity index (χ1n) is 7.65. The van der Waals surface area contributed by atoms with Crippen molar-refractivity contribution < 1.29 is 18.3 Å². The fourth-order valence-electron chi connectivity index (χ4n) is 3.17. The van der Waals surface area contributed by atoms with Crippen LogP contribution < -0.4 is 15.6 Å². The van der Waals surface area contributed by atoms with Crippen LogP contribution in [0.3, 0.4) is 0 Å². The molecule has 0 radical (unpaired) electrons. The van der Waals surface area contributed by atoms with Crippen molar-refractivity contribution >= 4 is 16.2 Å². The van der Waals surface area contributed by atoms with Crippen LogP contribution in [0.25, 0.3) is 11.1 Å². The second-order valence-electron chi connectivity index (χ2n) is 5.86. The lowest BCUT2D eigenvalue weighted by Crippen LogP contribution is -2.31. The van der Waals surface area contributed by atoms with Gasteiger partial charge in [0.1, 0.15) is 0 Å². The van der Waals surface area contributed by atoms with Gasteiger partial charge < -0.3 is 15.2 Å². The highest BCUT2D eigenvalue weighted by atomic mass is 32.2. The number of hydrogen-bond acceptors (Lipinski definition) is 5. The van der Waals surface area contributed by atoms with Crippen LogP contribution in [-0.2, 0) is 10.2 Å². The molecule has 3 rings (SSSR count). The van der Waals surface area contributed by atoms with Crippen molar-refractivity contribution in [2.75, 3.05) is 13.1 Å². The van der Waals surface area contributed by atoms with E-state index in [-0.39, 0.29) is 5.56 Å². The second kappa shape index (κ2) is 6.39. The van der Waals surface area contributed by atoms with Gasteiger partial charge in [0.15, 0.2) is 0 Å². The lowest BCUT2D eigenvalue weighted by atomic mass is 9.88. The molecule has 0 saturated carbocycles. The molecule has 0 bridgehead atoms. The maximum absolute atomic E-state index is 11.6.